The Morgan fingerprint density at radius 1 is 1.10 bits per heavy atom. The summed E-state index contributed by atoms with van der Waals surface area (Å²) in [5.74, 6) is 0.299. The smallest absolute Gasteiger partial charge is 0.394 e. The van der Waals surface area contributed by atoms with E-state index in [0.29, 0.717) is 34.1 Å². The molecule has 0 bridgehead atoms. The van der Waals surface area contributed by atoms with Crippen molar-refractivity contribution < 1.29 is 18.3 Å². The lowest BCUT2D eigenvalue weighted by Gasteiger charge is -2.08. The van der Waals surface area contributed by atoms with Crippen LogP contribution in [0.3, 0.4) is 0 Å². The zero-order chi connectivity index (χ0) is 21.5. The molecule has 0 aliphatic carbocycles. The van der Waals surface area contributed by atoms with E-state index in [0.717, 1.165) is 12.1 Å². The molecule has 0 saturated heterocycles. The quantitative estimate of drug-likeness (QED) is 0.519. The summed E-state index contributed by atoms with van der Waals surface area (Å²) in [5, 5.41) is 20.8. The number of aliphatic hydroxyl groups excluding tert-OH is 1. The first-order valence-corrected chi connectivity index (χ1v) is 9.06. The number of nitrogens with one attached hydrogen (secondary N) is 1. The number of alkyl halides is 3. The molecule has 3 heterocycles. The third-order valence-electron chi connectivity index (χ3n) is 4.46. The molecule has 8 nitrogen and oxygen atoms in total. The van der Waals surface area contributed by atoms with E-state index >= 15 is 0 Å². The lowest BCUT2D eigenvalue weighted by atomic mass is 10.1. The molecule has 30 heavy (non-hydrogen) atoms. The molecule has 1 aromatic carbocycles. The van der Waals surface area contributed by atoms with Crippen LogP contribution >= 0.6 is 0 Å². The van der Waals surface area contributed by atoms with E-state index in [1.165, 1.54) is 16.6 Å². The number of fused-ring (bicyclic) bond motifs is 1. The summed E-state index contributed by atoms with van der Waals surface area (Å²) in [6.45, 7) is 1.68. The van der Waals surface area contributed by atoms with Gasteiger partial charge in [0.25, 0.3) is 0 Å². The molecule has 4 rings (SSSR count). The fraction of sp³-hybridized carbons (Fsp3) is 0.263. The van der Waals surface area contributed by atoms with Crippen LogP contribution in [0.1, 0.15) is 12.5 Å². The number of benzene rings is 1. The van der Waals surface area contributed by atoms with Crippen LogP contribution in [0.5, 0.6) is 0 Å². The summed E-state index contributed by atoms with van der Waals surface area (Å²) in [6.07, 6.45) is 0.570. The van der Waals surface area contributed by atoms with Crippen LogP contribution in [0.2, 0.25) is 0 Å². The molecular weight excluding hydrogens is 399 g/mol. The highest BCUT2D eigenvalue weighted by atomic mass is 19.4. The van der Waals surface area contributed by atoms with Crippen molar-refractivity contribution in [3.8, 4) is 22.5 Å². The Morgan fingerprint density at radius 3 is 2.43 bits per heavy atom. The predicted molar refractivity (Wildman–Crippen MR) is 104 cm³/mol. The normalized spacial score (nSPS) is 13.0. The highest BCUT2D eigenvalue weighted by Gasteiger charge is 2.30. The Bertz CT molecular complexity index is 1180. The van der Waals surface area contributed by atoms with Gasteiger partial charge in [-0.3, -0.25) is 4.68 Å². The van der Waals surface area contributed by atoms with Crippen molar-refractivity contribution in [3.63, 3.8) is 0 Å². The molecule has 1 atom stereocenters. The van der Waals surface area contributed by atoms with Crippen molar-refractivity contribution in [1.29, 1.82) is 0 Å². The minimum atomic E-state index is -4.41. The molecule has 2 N–H and O–H groups in total. The van der Waals surface area contributed by atoms with E-state index in [1.54, 1.807) is 37.2 Å². The van der Waals surface area contributed by atoms with Gasteiger partial charge in [0.2, 0.25) is 5.95 Å². The molecule has 0 fully saturated rings. The van der Waals surface area contributed by atoms with Gasteiger partial charge >= 0.3 is 6.18 Å². The average molecular weight is 417 g/mol. The second-order valence-corrected chi connectivity index (χ2v) is 6.88. The molecule has 0 saturated carbocycles. The second kappa shape index (κ2) is 7.41. The van der Waals surface area contributed by atoms with Crippen LogP contribution in [-0.4, -0.2) is 47.1 Å². The van der Waals surface area contributed by atoms with Crippen LogP contribution in [0.15, 0.2) is 42.9 Å². The molecule has 156 valence electrons. The van der Waals surface area contributed by atoms with Gasteiger partial charge in [-0.15, -0.1) is 5.10 Å². The number of hydrogen-bond acceptors (Lipinski definition) is 6. The zero-order valence-electron chi connectivity index (χ0n) is 16.1. The Morgan fingerprint density at radius 2 is 1.83 bits per heavy atom. The minimum Gasteiger partial charge on any atom is -0.394 e. The first-order valence-electron chi connectivity index (χ1n) is 9.06. The third-order valence-corrected chi connectivity index (χ3v) is 4.46. The van der Waals surface area contributed by atoms with Gasteiger partial charge in [0, 0.05) is 30.4 Å². The second-order valence-electron chi connectivity index (χ2n) is 6.88. The van der Waals surface area contributed by atoms with Gasteiger partial charge < -0.3 is 10.4 Å². The topological polar surface area (TPSA) is 93.2 Å². The van der Waals surface area contributed by atoms with E-state index in [4.69, 9.17) is 0 Å². The maximum absolute atomic E-state index is 12.9. The maximum Gasteiger partial charge on any atom is 0.416 e. The summed E-state index contributed by atoms with van der Waals surface area (Å²) < 4.78 is 41.8. The van der Waals surface area contributed by atoms with Gasteiger partial charge in [-0.1, -0.05) is 12.1 Å². The van der Waals surface area contributed by atoms with E-state index in [2.05, 4.69) is 25.5 Å². The summed E-state index contributed by atoms with van der Waals surface area (Å²) >= 11 is 0. The predicted octanol–water partition coefficient (Wildman–Crippen LogP) is 3.00. The standard InChI is InChI=1S/C19H18F3N7O/c1-11(10-30)24-18-26-17-16(13-7-23-28(2)8-13)25-15(9-29(17)27-18)12-3-5-14(6-4-12)19(20,21)22/h3-9,11,30H,10H2,1-2H3,(H,24,27)/t11-/m0/s1. The number of anilines is 1. The van der Waals surface area contributed by atoms with E-state index < -0.39 is 11.7 Å². The van der Waals surface area contributed by atoms with Crippen molar-refractivity contribution in [1.82, 2.24) is 29.4 Å². The fourth-order valence-electron chi connectivity index (χ4n) is 2.92. The molecular formula is C19H18F3N7O. The molecule has 0 radical (unpaired) electrons. The Kier molecular flexibility index (Phi) is 4.90. The van der Waals surface area contributed by atoms with Crippen LogP contribution in [0.4, 0.5) is 19.1 Å². The molecule has 3 aromatic heterocycles. The molecule has 0 amide bonds. The molecule has 11 heteroatoms. The summed E-state index contributed by atoms with van der Waals surface area (Å²) in [7, 11) is 1.76. The first-order chi connectivity index (χ1) is 14.2. The van der Waals surface area contributed by atoms with Crippen LogP contribution in [0, 0.1) is 0 Å². The SMILES string of the molecule is C[C@@H](CO)Nc1nc2c(-c3cnn(C)c3)nc(-c3ccc(C(F)(F)F)cc3)cn2n1. The average Bonchev–Trinajstić information content (AvgIpc) is 3.32. The Hall–Kier alpha value is -3.47. The van der Waals surface area contributed by atoms with Crippen molar-refractivity contribution in [2.45, 2.75) is 19.1 Å². The van der Waals surface area contributed by atoms with Crippen molar-refractivity contribution >= 4 is 11.6 Å². The monoisotopic (exact) mass is 417 g/mol. The third kappa shape index (κ3) is 3.83. The number of aromatic nitrogens is 6. The molecule has 0 aliphatic rings. The van der Waals surface area contributed by atoms with Crippen LogP contribution in [0.25, 0.3) is 28.2 Å². The van der Waals surface area contributed by atoms with E-state index in [-0.39, 0.29) is 12.6 Å². The number of halogens is 3. The van der Waals surface area contributed by atoms with Gasteiger partial charge in [0.1, 0.15) is 5.69 Å². The largest absolute Gasteiger partial charge is 0.416 e. The molecule has 0 aliphatic heterocycles. The van der Waals surface area contributed by atoms with Crippen molar-refractivity contribution in [3.05, 3.63) is 48.4 Å². The maximum atomic E-state index is 12.9. The number of hydrogen-bond donors (Lipinski definition) is 2. The summed E-state index contributed by atoms with van der Waals surface area (Å²) in [6, 6.07) is 4.51. The fourth-order valence-corrected chi connectivity index (χ4v) is 2.92. The minimum absolute atomic E-state index is 0.0972. The van der Waals surface area contributed by atoms with Gasteiger partial charge in [0.05, 0.1) is 30.3 Å². The zero-order valence-corrected chi connectivity index (χ0v) is 16.1. The van der Waals surface area contributed by atoms with Crippen LogP contribution < -0.4 is 5.32 Å². The van der Waals surface area contributed by atoms with Gasteiger partial charge in [-0.25, -0.2) is 9.50 Å². The summed E-state index contributed by atoms with van der Waals surface area (Å²) in [4.78, 5) is 9.07. The van der Waals surface area contributed by atoms with Crippen molar-refractivity contribution in [2.75, 3.05) is 11.9 Å². The highest BCUT2D eigenvalue weighted by molar-refractivity contribution is 5.76. The molecule has 0 spiro atoms. The number of aryl methyl sites for hydroxylation is 1. The highest BCUT2D eigenvalue weighted by Crippen LogP contribution is 2.31. The van der Waals surface area contributed by atoms with Crippen LogP contribution in [-0.2, 0) is 13.2 Å². The lowest BCUT2D eigenvalue weighted by Crippen LogP contribution is -2.20. The van der Waals surface area contributed by atoms with Crippen molar-refractivity contribution in [2.24, 2.45) is 7.05 Å². The number of aliphatic hydroxyl groups is 1. The van der Waals surface area contributed by atoms with Gasteiger partial charge in [0.15, 0.2) is 5.65 Å². The first kappa shape index (κ1) is 19.8. The lowest BCUT2D eigenvalue weighted by molar-refractivity contribution is -0.137. The Labute approximate surface area is 169 Å². The van der Waals surface area contributed by atoms with Gasteiger partial charge in [-0.2, -0.15) is 23.3 Å². The number of nitrogens with zero attached hydrogens (tertiary/aromatic N) is 6. The molecule has 0 unspecified atom stereocenters. The number of rotatable bonds is 5. The summed E-state index contributed by atoms with van der Waals surface area (Å²) in [5.41, 5.74) is 1.82. The Balaban J connectivity index is 1.84. The van der Waals surface area contributed by atoms with E-state index in [1.807, 2.05) is 0 Å². The van der Waals surface area contributed by atoms with Gasteiger partial charge in [-0.05, 0) is 19.1 Å². The van der Waals surface area contributed by atoms with E-state index in [9.17, 15) is 18.3 Å². The molecule has 4 aromatic rings.